The normalized spacial score (nSPS) is 16.3. The van der Waals surface area contributed by atoms with Gasteiger partial charge < -0.3 is 10.3 Å². The van der Waals surface area contributed by atoms with Crippen molar-refractivity contribution in [3.05, 3.63) is 34.6 Å². The molecule has 1 aromatic heterocycles. The van der Waals surface area contributed by atoms with Crippen molar-refractivity contribution in [1.29, 1.82) is 0 Å². The molecule has 3 rings (SSSR count). The van der Waals surface area contributed by atoms with Gasteiger partial charge in [-0.25, -0.2) is 4.98 Å². The molecule has 0 unspecified atom stereocenters. The number of hydrogen-bond donors (Lipinski definition) is 1. The van der Waals surface area contributed by atoms with Crippen LogP contribution in [0.4, 0.5) is 5.82 Å². The van der Waals surface area contributed by atoms with Crippen LogP contribution in [0.5, 0.6) is 0 Å². The standard InChI is InChI=1S/C17H22ClN3/c1-11-8-9-13(10-14(11)18)15-16(19)21(2)17(20-15)12-6-4-3-5-7-12/h8-10,12H,3-7,19H2,1-2H3. The lowest BCUT2D eigenvalue weighted by Gasteiger charge is -2.21. The van der Waals surface area contributed by atoms with E-state index in [9.17, 15) is 0 Å². The first-order valence-electron chi connectivity index (χ1n) is 7.66. The summed E-state index contributed by atoms with van der Waals surface area (Å²) in [6.45, 7) is 2.00. The molecule has 2 N–H and O–H groups in total. The third-order valence-corrected chi connectivity index (χ3v) is 5.00. The predicted octanol–water partition coefficient (Wildman–Crippen LogP) is 4.68. The Morgan fingerprint density at radius 1 is 1.24 bits per heavy atom. The van der Waals surface area contributed by atoms with Crippen LogP contribution in [0.15, 0.2) is 18.2 Å². The second-order valence-corrected chi connectivity index (χ2v) is 6.47. The fourth-order valence-corrected chi connectivity index (χ4v) is 3.39. The Labute approximate surface area is 131 Å². The van der Waals surface area contributed by atoms with Gasteiger partial charge in [-0.15, -0.1) is 0 Å². The third-order valence-electron chi connectivity index (χ3n) is 4.59. The van der Waals surface area contributed by atoms with Crippen molar-refractivity contribution in [2.45, 2.75) is 44.9 Å². The molecule has 0 bridgehead atoms. The number of hydrogen-bond acceptors (Lipinski definition) is 2. The Hall–Kier alpha value is -1.48. The molecule has 112 valence electrons. The van der Waals surface area contributed by atoms with E-state index >= 15 is 0 Å². The van der Waals surface area contributed by atoms with Gasteiger partial charge in [0.05, 0.1) is 0 Å². The summed E-state index contributed by atoms with van der Waals surface area (Å²) < 4.78 is 2.05. The van der Waals surface area contributed by atoms with E-state index in [1.165, 1.54) is 32.1 Å². The maximum atomic E-state index is 6.29. The van der Waals surface area contributed by atoms with Crippen molar-refractivity contribution in [3.63, 3.8) is 0 Å². The van der Waals surface area contributed by atoms with Crippen molar-refractivity contribution in [2.75, 3.05) is 5.73 Å². The zero-order valence-corrected chi connectivity index (χ0v) is 13.5. The number of nitrogen functional groups attached to an aromatic ring is 1. The first-order chi connectivity index (χ1) is 10.1. The molecule has 0 radical (unpaired) electrons. The first kappa shape index (κ1) is 14.5. The third kappa shape index (κ3) is 2.67. The Morgan fingerprint density at radius 2 is 1.95 bits per heavy atom. The minimum Gasteiger partial charge on any atom is -0.383 e. The summed E-state index contributed by atoms with van der Waals surface area (Å²) in [5.41, 5.74) is 9.22. The highest BCUT2D eigenvalue weighted by atomic mass is 35.5. The Bertz CT molecular complexity index is 654. The molecule has 0 amide bonds. The molecule has 3 nitrogen and oxygen atoms in total. The molecule has 0 atom stereocenters. The molecule has 0 saturated heterocycles. The zero-order valence-electron chi connectivity index (χ0n) is 12.7. The number of aromatic nitrogens is 2. The molecule has 1 saturated carbocycles. The summed E-state index contributed by atoms with van der Waals surface area (Å²) in [7, 11) is 2.02. The number of anilines is 1. The smallest absolute Gasteiger partial charge is 0.131 e. The van der Waals surface area contributed by atoms with Gasteiger partial charge in [0.15, 0.2) is 0 Å². The molecule has 21 heavy (non-hydrogen) atoms. The van der Waals surface area contributed by atoms with E-state index in [1.54, 1.807) is 0 Å². The summed E-state index contributed by atoms with van der Waals surface area (Å²) in [6, 6.07) is 6.02. The second kappa shape index (κ2) is 5.72. The van der Waals surface area contributed by atoms with Crippen LogP contribution < -0.4 is 5.73 Å². The fourth-order valence-electron chi connectivity index (χ4n) is 3.21. The molecule has 0 spiro atoms. The average molecular weight is 304 g/mol. The molecule has 1 fully saturated rings. The topological polar surface area (TPSA) is 43.8 Å². The van der Waals surface area contributed by atoms with Gasteiger partial charge >= 0.3 is 0 Å². The largest absolute Gasteiger partial charge is 0.383 e. The second-order valence-electron chi connectivity index (χ2n) is 6.06. The lowest BCUT2D eigenvalue weighted by molar-refractivity contribution is 0.422. The maximum absolute atomic E-state index is 6.29. The van der Waals surface area contributed by atoms with Crippen LogP contribution in [0.1, 0.15) is 49.4 Å². The average Bonchev–Trinajstić information content (AvgIpc) is 2.79. The van der Waals surface area contributed by atoms with Crippen molar-refractivity contribution in [3.8, 4) is 11.3 Å². The molecule has 2 aromatic rings. The molecule has 1 aliphatic carbocycles. The molecule has 4 heteroatoms. The van der Waals surface area contributed by atoms with Crippen LogP contribution in [0.2, 0.25) is 5.02 Å². The molecule has 1 aromatic carbocycles. The van der Waals surface area contributed by atoms with Gasteiger partial charge in [0.25, 0.3) is 0 Å². The van der Waals surface area contributed by atoms with Crippen LogP contribution in [-0.4, -0.2) is 9.55 Å². The van der Waals surface area contributed by atoms with Crippen LogP contribution >= 0.6 is 11.6 Å². The number of nitrogens with two attached hydrogens (primary N) is 1. The number of aryl methyl sites for hydroxylation is 1. The van der Waals surface area contributed by atoms with Crippen molar-refractivity contribution >= 4 is 17.4 Å². The quantitative estimate of drug-likeness (QED) is 0.875. The monoisotopic (exact) mass is 303 g/mol. The van der Waals surface area contributed by atoms with E-state index in [4.69, 9.17) is 22.3 Å². The van der Waals surface area contributed by atoms with E-state index < -0.39 is 0 Å². The van der Waals surface area contributed by atoms with Crippen molar-refractivity contribution < 1.29 is 0 Å². The van der Waals surface area contributed by atoms with Crippen LogP contribution in [-0.2, 0) is 7.05 Å². The van der Waals surface area contributed by atoms with Gasteiger partial charge in [-0.05, 0) is 31.4 Å². The van der Waals surface area contributed by atoms with Crippen molar-refractivity contribution in [1.82, 2.24) is 9.55 Å². The highest BCUT2D eigenvalue weighted by Gasteiger charge is 2.23. The first-order valence-corrected chi connectivity index (χ1v) is 8.04. The lowest BCUT2D eigenvalue weighted by atomic mass is 9.89. The molecular weight excluding hydrogens is 282 g/mol. The summed E-state index contributed by atoms with van der Waals surface area (Å²) in [6.07, 6.45) is 6.37. The van der Waals surface area contributed by atoms with Gasteiger partial charge in [0.2, 0.25) is 0 Å². The number of imidazole rings is 1. The fraction of sp³-hybridized carbons (Fsp3) is 0.471. The minimum atomic E-state index is 0.542. The minimum absolute atomic E-state index is 0.542. The summed E-state index contributed by atoms with van der Waals surface area (Å²) in [5.74, 6) is 2.40. The molecule has 0 aliphatic heterocycles. The maximum Gasteiger partial charge on any atom is 0.131 e. The van der Waals surface area contributed by atoms with E-state index in [1.807, 2.05) is 32.2 Å². The summed E-state index contributed by atoms with van der Waals surface area (Å²) in [4.78, 5) is 4.85. The lowest BCUT2D eigenvalue weighted by Crippen LogP contribution is -2.11. The van der Waals surface area contributed by atoms with Crippen LogP contribution in [0.25, 0.3) is 11.3 Å². The van der Waals surface area contributed by atoms with E-state index in [-0.39, 0.29) is 0 Å². The summed E-state index contributed by atoms with van der Waals surface area (Å²) in [5, 5.41) is 0.761. The Morgan fingerprint density at radius 3 is 2.62 bits per heavy atom. The van der Waals surface area contributed by atoms with Gasteiger partial charge in [0.1, 0.15) is 17.3 Å². The van der Waals surface area contributed by atoms with Gasteiger partial charge in [-0.1, -0.05) is 43.0 Å². The Kier molecular flexibility index (Phi) is 3.94. The number of halogens is 1. The van der Waals surface area contributed by atoms with E-state index in [0.29, 0.717) is 5.92 Å². The van der Waals surface area contributed by atoms with E-state index in [2.05, 4.69) is 4.57 Å². The predicted molar refractivity (Wildman–Crippen MR) is 88.6 cm³/mol. The molecule has 1 aliphatic rings. The number of rotatable bonds is 2. The van der Waals surface area contributed by atoms with Crippen molar-refractivity contribution in [2.24, 2.45) is 7.05 Å². The highest BCUT2D eigenvalue weighted by molar-refractivity contribution is 6.31. The van der Waals surface area contributed by atoms with Gasteiger partial charge in [-0.3, -0.25) is 0 Å². The molecule has 1 heterocycles. The SMILES string of the molecule is Cc1ccc(-c2nc(C3CCCCC3)n(C)c2N)cc1Cl. The Balaban J connectivity index is 2.01. The molecular formula is C17H22ClN3. The van der Waals surface area contributed by atoms with E-state index in [0.717, 1.165) is 33.5 Å². The number of benzene rings is 1. The van der Waals surface area contributed by atoms with Gasteiger partial charge in [0, 0.05) is 23.6 Å². The zero-order chi connectivity index (χ0) is 15.0. The van der Waals surface area contributed by atoms with Gasteiger partial charge in [-0.2, -0.15) is 0 Å². The number of nitrogens with zero attached hydrogens (tertiary/aromatic N) is 2. The highest BCUT2D eigenvalue weighted by Crippen LogP contribution is 2.36. The summed E-state index contributed by atoms with van der Waals surface area (Å²) >= 11 is 6.24. The van der Waals surface area contributed by atoms with Crippen LogP contribution in [0, 0.1) is 6.92 Å². The van der Waals surface area contributed by atoms with Crippen LogP contribution in [0.3, 0.4) is 0 Å².